The van der Waals surface area contributed by atoms with Gasteiger partial charge in [-0.15, -0.1) is 0 Å². The number of hydrogen-bond acceptors (Lipinski definition) is 3. The van der Waals surface area contributed by atoms with Gasteiger partial charge in [0.1, 0.15) is 6.10 Å². The van der Waals surface area contributed by atoms with Gasteiger partial charge in [-0.2, -0.15) is 0 Å². The standard InChI is InChI=1S/C28H31NO2/c1-20-18-21(2)25(22(3)19-20)28(30)31-27(24-14-8-5-9-15-24)26(29-16-10-11-17-29)23-12-6-4-7-13-23/h4-9,12-15,18-19,26-27H,10-11,16-17H2,1-3H3/t26-,27-/m0/s1. The second-order valence-corrected chi connectivity index (χ2v) is 8.61. The molecule has 4 rings (SSSR count). The van der Waals surface area contributed by atoms with E-state index in [4.69, 9.17) is 4.74 Å². The molecule has 1 aliphatic rings. The van der Waals surface area contributed by atoms with Gasteiger partial charge in [-0.1, -0.05) is 78.4 Å². The molecule has 3 aromatic carbocycles. The first-order valence-corrected chi connectivity index (χ1v) is 11.2. The molecule has 0 unspecified atom stereocenters. The van der Waals surface area contributed by atoms with Crippen molar-refractivity contribution in [2.24, 2.45) is 0 Å². The summed E-state index contributed by atoms with van der Waals surface area (Å²) in [6.07, 6.45) is 1.97. The average Bonchev–Trinajstić information content (AvgIpc) is 3.28. The van der Waals surface area contributed by atoms with Crippen LogP contribution >= 0.6 is 0 Å². The molecule has 31 heavy (non-hydrogen) atoms. The van der Waals surface area contributed by atoms with Gasteiger partial charge in [0.2, 0.25) is 0 Å². The second-order valence-electron chi connectivity index (χ2n) is 8.61. The maximum Gasteiger partial charge on any atom is 0.339 e. The lowest BCUT2D eigenvalue weighted by molar-refractivity contribution is 0.000109. The molecule has 0 aromatic heterocycles. The number of hydrogen-bond donors (Lipinski definition) is 0. The minimum atomic E-state index is -0.380. The van der Waals surface area contributed by atoms with Crippen LogP contribution in [0.15, 0.2) is 72.8 Å². The maximum absolute atomic E-state index is 13.5. The Hall–Kier alpha value is -2.91. The van der Waals surface area contributed by atoms with Crippen LogP contribution in [0.4, 0.5) is 0 Å². The SMILES string of the molecule is Cc1cc(C)c(C(=O)O[C@@H](c2ccccc2)[C@H](c2ccccc2)N2CCCC2)c(C)c1. The summed E-state index contributed by atoms with van der Waals surface area (Å²) in [6.45, 7) is 8.07. The van der Waals surface area contributed by atoms with Gasteiger partial charge in [0.05, 0.1) is 11.6 Å². The number of ether oxygens (including phenoxy) is 1. The lowest BCUT2D eigenvalue weighted by atomic mass is 9.94. The molecule has 1 fully saturated rings. The van der Waals surface area contributed by atoms with E-state index in [0.29, 0.717) is 5.56 Å². The number of carbonyl (C=O) groups is 1. The highest BCUT2D eigenvalue weighted by atomic mass is 16.5. The fourth-order valence-electron chi connectivity index (χ4n) is 4.88. The van der Waals surface area contributed by atoms with Crippen LogP contribution in [0.1, 0.15) is 63.2 Å². The number of likely N-dealkylation sites (tertiary alicyclic amines) is 1. The lowest BCUT2D eigenvalue weighted by Crippen LogP contribution is -2.33. The van der Waals surface area contributed by atoms with E-state index in [-0.39, 0.29) is 18.1 Å². The van der Waals surface area contributed by atoms with Gasteiger partial charge < -0.3 is 4.74 Å². The molecule has 160 valence electrons. The smallest absolute Gasteiger partial charge is 0.339 e. The number of esters is 1. The van der Waals surface area contributed by atoms with Crippen LogP contribution in [0.25, 0.3) is 0 Å². The molecule has 1 saturated heterocycles. The van der Waals surface area contributed by atoms with Gasteiger partial charge in [0, 0.05) is 0 Å². The van der Waals surface area contributed by atoms with E-state index in [1.54, 1.807) is 0 Å². The molecule has 3 nitrogen and oxygen atoms in total. The van der Waals surface area contributed by atoms with Crippen LogP contribution in [0.3, 0.4) is 0 Å². The lowest BCUT2D eigenvalue weighted by Gasteiger charge is -2.35. The van der Waals surface area contributed by atoms with Crippen molar-refractivity contribution in [2.75, 3.05) is 13.1 Å². The van der Waals surface area contributed by atoms with Gasteiger partial charge in [-0.25, -0.2) is 4.79 Å². The third-order valence-corrected chi connectivity index (χ3v) is 6.21. The first kappa shape index (κ1) is 21.3. The molecule has 0 radical (unpaired) electrons. The molecule has 0 N–H and O–H groups in total. The van der Waals surface area contributed by atoms with Crippen molar-refractivity contribution < 1.29 is 9.53 Å². The number of carbonyl (C=O) groups excluding carboxylic acids is 1. The summed E-state index contributed by atoms with van der Waals surface area (Å²) in [5.74, 6) is -0.246. The zero-order chi connectivity index (χ0) is 21.8. The zero-order valence-electron chi connectivity index (χ0n) is 18.7. The van der Waals surface area contributed by atoms with Gasteiger partial charge in [-0.3, -0.25) is 4.90 Å². The van der Waals surface area contributed by atoms with E-state index in [1.165, 1.54) is 18.4 Å². The van der Waals surface area contributed by atoms with E-state index < -0.39 is 0 Å². The third kappa shape index (κ3) is 4.72. The highest BCUT2D eigenvalue weighted by Crippen LogP contribution is 2.39. The molecule has 0 spiro atoms. The van der Waals surface area contributed by atoms with Crippen LogP contribution in [0, 0.1) is 20.8 Å². The summed E-state index contributed by atoms with van der Waals surface area (Å²) >= 11 is 0. The van der Waals surface area contributed by atoms with E-state index in [2.05, 4.69) is 60.4 Å². The van der Waals surface area contributed by atoms with Crippen molar-refractivity contribution in [3.05, 3.63) is 106 Å². The predicted molar refractivity (Wildman–Crippen MR) is 125 cm³/mol. The molecule has 1 heterocycles. The monoisotopic (exact) mass is 413 g/mol. The van der Waals surface area contributed by atoms with Crippen LogP contribution in [-0.4, -0.2) is 24.0 Å². The first-order valence-electron chi connectivity index (χ1n) is 11.2. The van der Waals surface area contributed by atoms with Crippen molar-refractivity contribution >= 4 is 5.97 Å². The minimum Gasteiger partial charge on any atom is -0.452 e. The van der Waals surface area contributed by atoms with Gasteiger partial charge in [0.15, 0.2) is 0 Å². The largest absolute Gasteiger partial charge is 0.452 e. The summed E-state index contributed by atoms with van der Waals surface area (Å²) in [6, 6.07) is 24.7. The van der Waals surface area contributed by atoms with Crippen molar-refractivity contribution in [3.63, 3.8) is 0 Å². The highest BCUT2D eigenvalue weighted by molar-refractivity contribution is 5.93. The molecular weight excluding hydrogens is 382 g/mol. The van der Waals surface area contributed by atoms with Crippen molar-refractivity contribution in [1.82, 2.24) is 4.90 Å². The second kappa shape index (κ2) is 9.49. The molecular formula is C28H31NO2. The molecule has 3 aromatic rings. The Labute approximate surface area is 185 Å². The highest BCUT2D eigenvalue weighted by Gasteiger charge is 2.35. The van der Waals surface area contributed by atoms with E-state index in [1.807, 2.05) is 38.1 Å². The molecule has 0 saturated carbocycles. The first-order chi connectivity index (χ1) is 15.0. The summed E-state index contributed by atoms with van der Waals surface area (Å²) in [5, 5.41) is 0. The van der Waals surface area contributed by atoms with Crippen LogP contribution < -0.4 is 0 Å². The summed E-state index contributed by atoms with van der Waals surface area (Å²) < 4.78 is 6.37. The predicted octanol–water partition coefficient (Wildman–Crippen LogP) is 6.35. The average molecular weight is 414 g/mol. The Morgan fingerprint density at radius 3 is 1.87 bits per heavy atom. The van der Waals surface area contributed by atoms with Gasteiger partial charge in [-0.05, 0) is 69.0 Å². The van der Waals surface area contributed by atoms with Crippen LogP contribution in [0.2, 0.25) is 0 Å². The number of nitrogens with zero attached hydrogens (tertiary/aromatic N) is 1. The molecule has 1 aliphatic heterocycles. The normalized spacial score (nSPS) is 16.1. The Balaban J connectivity index is 1.76. The van der Waals surface area contributed by atoms with E-state index >= 15 is 0 Å². The fourth-order valence-corrected chi connectivity index (χ4v) is 4.88. The minimum absolute atomic E-state index is 0.0129. The zero-order valence-corrected chi connectivity index (χ0v) is 18.7. The Morgan fingerprint density at radius 1 is 0.806 bits per heavy atom. The maximum atomic E-state index is 13.5. The molecule has 0 aliphatic carbocycles. The Kier molecular flexibility index (Phi) is 6.53. The molecule has 2 atom stereocenters. The quantitative estimate of drug-likeness (QED) is 0.441. The molecule has 3 heteroatoms. The van der Waals surface area contributed by atoms with E-state index in [9.17, 15) is 4.79 Å². The van der Waals surface area contributed by atoms with Gasteiger partial charge >= 0.3 is 5.97 Å². The molecule has 0 amide bonds. The fraction of sp³-hybridized carbons (Fsp3) is 0.321. The van der Waals surface area contributed by atoms with E-state index in [0.717, 1.165) is 35.3 Å². The number of benzene rings is 3. The molecule has 0 bridgehead atoms. The Morgan fingerprint density at radius 2 is 1.32 bits per heavy atom. The van der Waals surface area contributed by atoms with Crippen molar-refractivity contribution in [3.8, 4) is 0 Å². The van der Waals surface area contributed by atoms with Crippen LogP contribution in [0.5, 0.6) is 0 Å². The summed E-state index contributed by atoms with van der Waals surface area (Å²) in [5.41, 5.74) is 5.98. The van der Waals surface area contributed by atoms with Crippen molar-refractivity contribution in [2.45, 2.75) is 45.8 Å². The summed E-state index contributed by atoms with van der Waals surface area (Å²) in [7, 11) is 0. The summed E-state index contributed by atoms with van der Waals surface area (Å²) in [4.78, 5) is 16.0. The van der Waals surface area contributed by atoms with Crippen molar-refractivity contribution in [1.29, 1.82) is 0 Å². The number of aryl methyl sites for hydroxylation is 3. The van der Waals surface area contributed by atoms with Gasteiger partial charge in [0.25, 0.3) is 0 Å². The third-order valence-electron chi connectivity index (χ3n) is 6.21. The topological polar surface area (TPSA) is 29.5 Å². The Bertz CT molecular complexity index is 1000. The number of rotatable bonds is 6. The van der Waals surface area contributed by atoms with Crippen LogP contribution in [-0.2, 0) is 4.74 Å².